The number of hydrogen-bond acceptors (Lipinski definition) is 2. The molecule has 18 heavy (non-hydrogen) atoms. The normalized spacial score (nSPS) is 10.6. The van der Waals surface area contributed by atoms with Crippen LogP contribution in [0, 0.1) is 0 Å². The summed E-state index contributed by atoms with van der Waals surface area (Å²) in [5.74, 6) is 0. The lowest BCUT2D eigenvalue weighted by Gasteiger charge is -2.13. The van der Waals surface area contributed by atoms with Crippen LogP contribution in [0.1, 0.15) is 11.1 Å². The van der Waals surface area contributed by atoms with Crippen LogP contribution in [-0.4, -0.2) is 14.1 Å². The first-order chi connectivity index (χ1) is 8.86. The molecule has 0 heterocycles. The molecule has 0 aliphatic carbocycles. The lowest BCUT2D eigenvalue weighted by atomic mass is 9.95. The number of benzene rings is 2. The minimum Gasteiger partial charge on any atom is -0.316 e. The highest BCUT2D eigenvalue weighted by atomic mass is 14.8. The van der Waals surface area contributed by atoms with E-state index in [4.69, 9.17) is 0 Å². The van der Waals surface area contributed by atoms with E-state index in [-0.39, 0.29) is 0 Å². The molecule has 2 nitrogen and oxygen atoms in total. The molecule has 0 spiro atoms. The first-order valence-electron chi connectivity index (χ1n) is 6.32. The third kappa shape index (κ3) is 2.78. The monoisotopic (exact) mass is 240 g/mol. The molecule has 0 amide bonds. The third-order valence-electron chi connectivity index (χ3n) is 3.06. The Balaban J connectivity index is 2.47. The Bertz CT molecular complexity index is 458. The van der Waals surface area contributed by atoms with Crippen molar-refractivity contribution in [2.45, 2.75) is 13.1 Å². The predicted octanol–water partition coefficient (Wildman–Crippen LogP) is 2.79. The summed E-state index contributed by atoms with van der Waals surface area (Å²) >= 11 is 0. The summed E-state index contributed by atoms with van der Waals surface area (Å²) < 4.78 is 0. The molecule has 0 fully saturated rings. The van der Waals surface area contributed by atoms with Gasteiger partial charge in [0.15, 0.2) is 0 Å². The predicted molar refractivity (Wildman–Crippen MR) is 77.4 cm³/mol. The van der Waals surface area contributed by atoms with Crippen molar-refractivity contribution in [2.75, 3.05) is 14.1 Å². The molecule has 94 valence electrons. The van der Waals surface area contributed by atoms with Gasteiger partial charge in [0, 0.05) is 13.1 Å². The fourth-order valence-corrected chi connectivity index (χ4v) is 2.26. The van der Waals surface area contributed by atoms with Crippen LogP contribution in [0.15, 0.2) is 48.5 Å². The second-order valence-electron chi connectivity index (χ2n) is 4.37. The van der Waals surface area contributed by atoms with Crippen LogP contribution >= 0.6 is 0 Å². The molecule has 0 unspecified atom stereocenters. The molecule has 0 aliphatic heterocycles. The maximum atomic E-state index is 3.23. The Labute approximate surface area is 109 Å². The second kappa shape index (κ2) is 6.34. The van der Waals surface area contributed by atoms with Crippen LogP contribution in [0.5, 0.6) is 0 Å². The van der Waals surface area contributed by atoms with Gasteiger partial charge in [0.05, 0.1) is 0 Å². The largest absolute Gasteiger partial charge is 0.316 e. The Kier molecular flexibility index (Phi) is 4.51. The minimum atomic E-state index is 0.893. The average molecular weight is 240 g/mol. The highest BCUT2D eigenvalue weighted by Gasteiger charge is 2.07. The van der Waals surface area contributed by atoms with Gasteiger partial charge in [0.25, 0.3) is 0 Å². The number of rotatable bonds is 5. The molecule has 2 heteroatoms. The number of hydrogen-bond donors (Lipinski definition) is 2. The van der Waals surface area contributed by atoms with E-state index in [2.05, 4.69) is 59.2 Å². The summed E-state index contributed by atoms with van der Waals surface area (Å²) in [4.78, 5) is 0. The Morgan fingerprint density at radius 2 is 1.06 bits per heavy atom. The van der Waals surface area contributed by atoms with E-state index in [0.29, 0.717) is 0 Å². The Hall–Kier alpha value is -1.64. The van der Waals surface area contributed by atoms with Crippen LogP contribution < -0.4 is 10.6 Å². The van der Waals surface area contributed by atoms with E-state index in [0.717, 1.165) is 13.1 Å². The lowest BCUT2D eigenvalue weighted by Crippen LogP contribution is -2.09. The third-order valence-corrected chi connectivity index (χ3v) is 3.06. The van der Waals surface area contributed by atoms with Gasteiger partial charge in [-0.05, 0) is 36.3 Å². The molecule has 0 radical (unpaired) electrons. The summed E-state index contributed by atoms with van der Waals surface area (Å²) in [6.45, 7) is 1.79. The molecular formula is C16H20N2. The SMILES string of the molecule is CNCc1ccccc1-c1ccccc1CNC. The van der Waals surface area contributed by atoms with Gasteiger partial charge in [-0.15, -0.1) is 0 Å². The summed E-state index contributed by atoms with van der Waals surface area (Å²) in [7, 11) is 3.96. The van der Waals surface area contributed by atoms with Gasteiger partial charge in [-0.3, -0.25) is 0 Å². The Morgan fingerprint density at radius 3 is 1.44 bits per heavy atom. The molecule has 2 aromatic rings. The fraction of sp³-hybridized carbons (Fsp3) is 0.250. The van der Waals surface area contributed by atoms with Crippen molar-refractivity contribution in [3.8, 4) is 11.1 Å². The van der Waals surface area contributed by atoms with Crippen LogP contribution in [0.25, 0.3) is 11.1 Å². The van der Waals surface area contributed by atoms with Gasteiger partial charge in [-0.25, -0.2) is 0 Å². The van der Waals surface area contributed by atoms with Crippen molar-refractivity contribution < 1.29 is 0 Å². The van der Waals surface area contributed by atoms with Crippen molar-refractivity contribution in [2.24, 2.45) is 0 Å². The molecule has 0 bridgehead atoms. The van der Waals surface area contributed by atoms with Crippen LogP contribution in [0.4, 0.5) is 0 Å². The zero-order valence-electron chi connectivity index (χ0n) is 11.0. The maximum Gasteiger partial charge on any atom is 0.0208 e. The van der Waals surface area contributed by atoms with Crippen LogP contribution in [0.2, 0.25) is 0 Å². The zero-order valence-corrected chi connectivity index (χ0v) is 11.0. The maximum absolute atomic E-state index is 3.23. The summed E-state index contributed by atoms with van der Waals surface area (Å²) in [5.41, 5.74) is 5.31. The second-order valence-corrected chi connectivity index (χ2v) is 4.37. The highest BCUT2D eigenvalue weighted by molar-refractivity contribution is 5.70. The molecule has 2 N–H and O–H groups in total. The summed E-state index contributed by atoms with van der Waals surface area (Å²) in [5, 5.41) is 6.46. The van der Waals surface area contributed by atoms with E-state index in [1.165, 1.54) is 22.3 Å². The average Bonchev–Trinajstić information content (AvgIpc) is 2.41. The molecule has 0 saturated heterocycles. The van der Waals surface area contributed by atoms with E-state index in [1.54, 1.807) is 0 Å². The van der Waals surface area contributed by atoms with Gasteiger partial charge in [-0.2, -0.15) is 0 Å². The Morgan fingerprint density at radius 1 is 0.667 bits per heavy atom. The van der Waals surface area contributed by atoms with E-state index in [9.17, 15) is 0 Å². The highest BCUT2D eigenvalue weighted by Crippen LogP contribution is 2.27. The molecule has 0 saturated carbocycles. The van der Waals surface area contributed by atoms with Crippen molar-refractivity contribution >= 4 is 0 Å². The molecule has 0 aliphatic rings. The first-order valence-corrected chi connectivity index (χ1v) is 6.32. The topological polar surface area (TPSA) is 24.1 Å². The standard InChI is InChI=1S/C16H20N2/c1-17-11-13-7-3-5-9-15(13)16-10-6-4-8-14(16)12-18-2/h3-10,17-18H,11-12H2,1-2H3. The lowest BCUT2D eigenvalue weighted by molar-refractivity contribution is 0.812. The van der Waals surface area contributed by atoms with Crippen LogP contribution in [0.3, 0.4) is 0 Å². The molecule has 2 rings (SSSR count). The van der Waals surface area contributed by atoms with E-state index >= 15 is 0 Å². The molecule has 0 aromatic heterocycles. The first kappa shape index (κ1) is 12.8. The molecule has 0 atom stereocenters. The van der Waals surface area contributed by atoms with Gasteiger partial charge >= 0.3 is 0 Å². The van der Waals surface area contributed by atoms with Gasteiger partial charge in [0.2, 0.25) is 0 Å². The van der Waals surface area contributed by atoms with Crippen molar-refractivity contribution in [1.29, 1.82) is 0 Å². The van der Waals surface area contributed by atoms with Crippen molar-refractivity contribution in [3.63, 3.8) is 0 Å². The zero-order chi connectivity index (χ0) is 12.8. The van der Waals surface area contributed by atoms with E-state index < -0.39 is 0 Å². The molecule has 2 aromatic carbocycles. The van der Waals surface area contributed by atoms with E-state index in [1.807, 2.05) is 14.1 Å². The van der Waals surface area contributed by atoms with Crippen molar-refractivity contribution in [3.05, 3.63) is 59.7 Å². The fourth-order valence-electron chi connectivity index (χ4n) is 2.26. The van der Waals surface area contributed by atoms with Gasteiger partial charge in [-0.1, -0.05) is 48.5 Å². The summed E-state index contributed by atoms with van der Waals surface area (Å²) in [6.07, 6.45) is 0. The quantitative estimate of drug-likeness (QED) is 0.839. The minimum absolute atomic E-state index is 0.893. The van der Waals surface area contributed by atoms with Crippen LogP contribution in [-0.2, 0) is 13.1 Å². The van der Waals surface area contributed by atoms with Gasteiger partial charge in [0.1, 0.15) is 0 Å². The molecular weight excluding hydrogens is 220 g/mol. The number of nitrogens with one attached hydrogen (secondary N) is 2. The smallest absolute Gasteiger partial charge is 0.0208 e. The van der Waals surface area contributed by atoms with Gasteiger partial charge < -0.3 is 10.6 Å². The summed E-state index contributed by atoms with van der Waals surface area (Å²) in [6, 6.07) is 17.1. The van der Waals surface area contributed by atoms with Crippen molar-refractivity contribution in [1.82, 2.24) is 10.6 Å².